The van der Waals surface area contributed by atoms with Crippen LogP contribution in [0.3, 0.4) is 0 Å². The molecule has 2 fully saturated rings. The first-order valence-electron chi connectivity index (χ1n) is 5.58. The molecule has 2 atom stereocenters. The molecule has 0 radical (unpaired) electrons. The Balaban J connectivity index is 1.73. The Morgan fingerprint density at radius 2 is 2.06 bits per heavy atom. The summed E-state index contributed by atoms with van der Waals surface area (Å²) in [5.41, 5.74) is 0.595. The lowest BCUT2D eigenvalue weighted by Crippen LogP contribution is -2.32. The lowest BCUT2D eigenvalue weighted by atomic mass is 10.0. The van der Waals surface area contributed by atoms with Gasteiger partial charge in [0, 0.05) is 32.4 Å². The Kier molecular flexibility index (Phi) is 2.41. The van der Waals surface area contributed by atoms with Crippen LogP contribution in [-0.2, 0) is 0 Å². The number of fused-ring (bicyclic) bond motifs is 1. The van der Waals surface area contributed by atoms with Gasteiger partial charge in [-0.15, -0.1) is 0 Å². The standard InChI is InChI=1S/C11H14ClN3O/c12-9-1-10(14-4-9)11(16)15-5-7-2-13-3-8(7)6-15/h1,4,7-8,13-14H,2-3,5-6H2/t7-,8+. The van der Waals surface area contributed by atoms with E-state index in [1.807, 2.05) is 4.90 Å². The van der Waals surface area contributed by atoms with Crippen molar-refractivity contribution in [3.63, 3.8) is 0 Å². The van der Waals surface area contributed by atoms with Gasteiger partial charge in [0.2, 0.25) is 0 Å². The lowest BCUT2D eigenvalue weighted by molar-refractivity contribution is 0.0776. The maximum atomic E-state index is 12.1. The third-order valence-electron chi connectivity index (χ3n) is 3.55. The van der Waals surface area contributed by atoms with Gasteiger partial charge in [-0.25, -0.2) is 0 Å². The summed E-state index contributed by atoms with van der Waals surface area (Å²) in [7, 11) is 0. The monoisotopic (exact) mass is 239 g/mol. The second kappa shape index (κ2) is 3.79. The lowest BCUT2D eigenvalue weighted by Gasteiger charge is -2.16. The van der Waals surface area contributed by atoms with Crippen LogP contribution >= 0.6 is 11.6 Å². The first-order valence-corrected chi connectivity index (χ1v) is 5.96. The molecule has 5 heteroatoms. The molecule has 0 saturated carbocycles. The quantitative estimate of drug-likeness (QED) is 0.767. The number of carbonyl (C=O) groups is 1. The van der Waals surface area contributed by atoms with Gasteiger partial charge in [0.25, 0.3) is 5.91 Å². The number of halogens is 1. The van der Waals surface area contributed by atoms with Crippen molar-refractivity contribution in [2.75, 3.05) is 26.2 Å². The van der Waals surface area contributed by atoms with Crippen LogP contribution in [0, 0.1) is 11.8 Å². The number of rotatable bonds is 1. The van der Waals surface area contributed by atoms with Gasteiger partial charge in [-0.3, -0.25) is 4.79 Å². The maximum absolute atomic E-state index is 12.1. The molecule has 3 heterocycles. The molecule has 2 aliphatic rings. The van der Waals surface area contributed by atoms with Gasteiger partial charge in [0.1, 0.15) is 5.69 Å². The molecule has 16 heavy (non-hydrogen) atoms. The van der Waals surface area contributed by atoms with E-state index >= 15 is 0 Å². The minimum absolute atomic E-state index is 0.0706. The second-order valence-electron chi connectivity index (χ2n) is 4.62. The molecule has 2 N–H and O–H groups in total. The number of nitrogens with zero attached hydrogens (tertiary/aromatic N) is 1. The average Bonchev–Trinajstić information content (AvgIpc) is 2.89. The van der Waals surface area contributed by atoms with Crippen molar-refractivity contribution in [1.82, 2.24) is 15.2 Å². The fourth-order valence-electron chi connectivity index (χ4n) is 2.68. The van der Waals surface area contributed by atoms with E-state index in [0.717, 1.165) is 26.2 Å². The number of aromatic nitrogens is 1. The minimum Gasteiger partial charge on any atom is -0.356 e. The van der Waals surface area contributed by atoms with Crippen molar-refractivity contribution >= 4 is 17.5 Å². The van der Waals surface area contributed by atoms with Crippen molar-refractivity contribution in [1.29, 1.82) is 0 Å². The molecule has 1 aromatic heterocycles. The smallest absolute Gasteiger partial charge is 0.270 e. The molecule has 4 nitrogen and oxygen atoms in total. The predicted molar refractivity (Wildman–Crippen MR) is 61.6 cm³/mol. The normalized spacial score (nSPS) is 28.4. The number of aromatic amines is 1. The summed E-state index contributed by atoms with van der Waals surface area (Å²) in [6.45, 7) is 3.82. The fraction of sp³-hybridized carbons (Fsp3) is 0.545. The number of hydrogen-bond acceptors (Lipinski definition) is 2. The van der Waals surface area contributed by atoms with Crippen LogP contribution in [-0.4, -0.2) is 42.0 Å². The first-order chi connectivity index (χ1) is 7.74. The third kappa shape index (κ3) is 1.62. The van der Waals surface area contributed by atoms with Crippen LogP contribution < -0.4 is 5.32 Å². The zero-order valence-electron chi connectivity index (χ0n) is 8.87. The van der Waals surface area contributed by atoms with Crippen molar-refractivity contribution in [2.24, 2.45) is 11.8 Å². The largest absolute Gasteiger partial charge is 0.356 e. The molecule has 1 aromatic rings. The molecule has 0 aliphatic carbocycles. The second-order valence-corrected chi connectivity index (χ2v) is 5.06. The summed E-state index contributed by atoms with van der Waals surface area (Å²) >= 11 is 5.79. The van der Waals surface area contributed by atoms with Crippen LogP contribution in [0.4, 0.5) is 0 Å². The van der Waals surface area contributed by atoms with Crippen molar-refractivity contribution in [3.8, 4) is 0 Å². The van der Waals surface area contributed by atoms with Crippen molar-refractivity contribution in [2.45, 2.75) is 0 Å². The SMILES string of the molecule is O=C(c1cc(Cl)c[nH]1)N1C[C@H]2CNC[C@H]2C1. The van der Waals surface area contributed by atoms with Gasteiger partial charge >= 0.3 is 0 Å². The van der Waals surface area contributed by atoms with Gasteiger partial charge in [0.15, 0.2) is 0 Å². The van der Waals surface area contributed by atoms with Crippen molar-refractivity contribution in [3.05, 3.63) is 23.0 Å². The molecular formula is C11H14ClN3O. The van der Waals surface area contributed by atoms with E-state index in [0.29, 0.717) is 22.6 Å². The van der Waals surface area contributed by atoms with Gasteiger partial charge in [-0.2, -0.15) is 0 Å². The number of carbonyl (C=O) groups excluding carboxylic acids is 1. The molecule has 0 unspecified atom stereocenters. The minimum atomic E-state index is 0.0706. The summed E-state index contributed by atoms with van der Waals surface area (Å²) in [6, 6.07) is 1.69. The third-order valence-corrected chi connectivity index (χ3v) is 3.77. The molecule has 1 amide bonds. The highest BCUT2D eigenvalue weighted by atomic mass is 35.5. The van der Waals surface area contributed by atoms with Crippen LogP contribution in [0.5, 0.6) is 0 Å². The van der Waals surface area contributed by atoms with E-state index in [9.17, 15) is 4.79 Å². The molecule has 0 bridgehead atoms. The van der Waals surface area contributed by atoms with Gasteiger partial charge in [0.05, 0.1) is 5.02 Å². The summed E-state index contributed by atoms with van der Waals surface area (Å²) in [6.07, 6.45) is 1.65. The van der Waals surface area contributed by atoms with Crippen LogP contribution in [0.25, 0.3) is 0 Å². The maximum Gasteiger partial charge on any atom is 0.270 e. The van der Waals surface area contributed by atoms with Gasteiger partial charge in [-0.05, 0) is 17.9 Å². The van der Waals surface area contributed by atoms with Crippen LogP contribution in [0.1, 0.15) is 10.5 Å². The van der Waals surface area contributed by atoms with E-state index in [-0.39, 0.29) is 5.91 Å². The van der Waals surface area contributed by atoms with E-state index in [4.69, 9.17) is 11.6 Å². The molecule has 3 rings (SSSR count). The van der Waals surface area contributed by atoms with E-state index in [1.165, 1.54) is 0 Å². The highest BCUT2D eigenvalue weighted by Crippen LogP contribution is 2.27. The Morgan fingerprint density at radius 1 is 1.38 bits per heavy atom. The number of amides is 1. The molecule has 0 aromatic carbocycles. The highest BCUT2D eigenvalue weighted by molar-refractivity contribution is 6.30. The zero-order valence-corrected chi connectivity index (χ0v) is 9.63. The highest BCUT2D eigenvalue weighted by Gasteiger charge is 2.38. The Bertz CT molecular complexity index is 405. The average molecular weight is 240 g/mol. The summed E-state index contributed by atoms with van der Waals surface area (Å²) in [5.74, 6) is 1.34. The first kappa shape index (κ1) is 10.2. The number of H-pyrrole nitrogens is 1. The molecular weight excluding hydrogens is 226 g/mol. The number of nitrogens with one attached hydrogen (secondary N) is 2. The van der Waals surface area contributed by atoms with Gasteiger partial charge in [-0.1, -0.05) is 11.6 Å². The van der Waals surface area contributed by atoms with Crippen molar-refractivity contribution < 1.29 is 4.79 Å². The number of hydrogen-bond donors (Lipinski definition) is 2. The van der Waals surface area contributed by atoms with E-state index in [1.54, 1.807) is 12.3 Å². The number of likely N-dealkylation sites (tertiary alicyclic amines) is 1. The summed E-state index contributed by atoms with van der Waals surface area (Å²) in [4.78, 5) is 16.9. The van der Waals surface area contributed by atoms with Gasteiger partial charge < -0.3 is 15.2 Å². The van der Waals surface area contributed by atoms with Crippen LogP contribution in [0.15, 0.2) is 12.3 Å². The molecule has 2 aliphatic heterocycles. The summed E-state index contributed by atoms with van der Waals surface area (Å²) < 4.78 is 0. The molecule has 86 valence electrons. The zero-order chi connectivity index (χ0) is 11.1. The Morgan fingerprint density at radius 3 is 2.62 bits per heavy atom. The fourth-order valence-corrected chi connectivity index (χ4v) is 2.85. The predicted octanol–water partition coefficient (Wildman–Crippen LogP) is 0.959. The Hall–Kier alpha value is -1.00. The summed E-state index contributed by atoms with van der Waals surface area (Å²) in [5, 5.41) is 3.95. The van der Waals surface area contributed by atoms with E-state index in [2.05, 4.69) is 10.3 Å². The topological polar surface area (TPSA) is 48.1 Å². The van der Waals surface area contributed by atoms with E-state index < -0.39 is 0 Å². The van der Waals surface area contributed by atoms with Crippen LogP contribution in [0.2, 0.25) is 5.02 Å². The molecule has 0 spiro atoms. The molecule has 2 saturated heterocycles. The Labute approximate surface area is 99.0 Å².